The van der Waals surface area contributed by atoms with E-state index in [-0.39, 0.29) is 13.1 Å². The molecule has 0 unspecified atom stereocenters. The first-order valence-electron chi connectivity index (χ1n) is 7.88. The molecule has 0 radical (unpaired) electrons. The van der Waals surface area contributed by atoms with Crippen molar-refractivity contribution in [3.63, 3.8) is 0 Å². The van der Waals surface area contributed by atoms with E-state index >= 15 is 0 Å². The Labute approximate surface area is 140 Å². The lowest BCUT2D eigenvalue weighted by atomic mass is 9.88. The summed E-state index contributed by atoms with van der Waals surface area (Å²) in [6.45, 7) is 2.98. The monoisotopic (exact) mass is 346 g/mol. The van der Waals surface area contributed by atoms with Crippen molar-refractivity contribution in [2.75, 3.05) is 52.4 Å². The fourth-order valence-electron chi connectivity index (χ4n) is 2.87. The standard InChI is InChI=1S/C14H26N4O6/c19-11(20)7-14(8-12(21)22)10-17-4-3-15-1-2-16-5-6-18(14)9-13(23)24/h15-17H,1-10H2,(H,19,20)(H,21,22)(H,23,24). The molecule has 1 heterocycles. The molecule has 6 N–H and O–H groups in total. The molecule has 0 atom stereocenters. The molecule has 138 valence electrons. The lowest BCUT2D eigenvalue weighted by molar-refractivity contribution is -0.150. The van der Waals surface area contributed by atoms with Gasteiger partial charge in [0.2, 0.25) is 0 Å². The third-order valence-corrected chi connectivity index (χ3v) is 3.93. The normalized spacial score (nSPS) is 20.5. The van der Waals surface area contributed by atoms with Gasteiger partial charge in [0.05, 0.1) is 24.9 Å². The molecular formula is C14H26N4O6. The fraction of sp³-hybridized carbons (Fsp3) is 0.786. The SMILES string of the molecule is O=C(O)CN1CCNCCNCCNCC1(CC(=O)O)CC(=O)O. The van der Waals surface area contributed by atoms with Crippen molar-refractivity contribution < 1.29 is 29.7 Å². The second kappa shape index (κ2) is 10.2. The van der Waals surface area contributed by atoms with E-state index in [4.69, 9.17) is 5.11 Å². The van der Waals surface area contributed by atoms with Gasteiger partial charge in [-0.2, -0.15) is 0 Å². The predicted molar refractivity (Wildman–Crippen MR) is 85.1 cm³/mol. The van der Waals surface area contributed by atoms with Gasteiger partial charge in [0.15, 0.2) is 0 Å². The highest BCUT2D eigenvalue weighted by molar-refractivity contribution is 5.74. The fourth-order valence-corrected chi connectivity index (χ4v) is 2.87. The summed E-state index contributed by atoms with van der Waals surface area (Å²) in [4.78, 5) is 35.3. The van der Waals surface area contributed by atoms with Crippen molar-refractivity contribution in [2.24, 2.45) is 0 Å². The third kappa shape index (κ3) is 7.21. The van der Waals surface area contributed by atoms with Crippen LogP contribution >= 0.6 is 0 Å². The molecule has 0 aromatic rings. The van der Waals surface area contributed by atoms with E-state index in [0.717, 1.165) is 6.54 Å². The predicted octanol–water partition coefficient (Wildman–Crippen LogP) is -2.16. The number of hydrogen-bond donors (Lipinski definition) is 6. The van der Waals surface area contributed by atoms with Gasteiger partial charge in [0, 0.05) is 45.8 Å². The van der Waals surface area contributed by atoms with E-state index in [1.165, 1.54) is 4.90 Å². The van der Waals surface area contributed by atoms with Crippen LogP contribution in [-0.2, 0) is 14.4 Å². The Kier molecular flexibility index (Phi) is 8.61. The summed E-state index contributed by atoms with van der Waals surface area (Å²) in [5, 5.41) is 37.1. The van der Waals surface area contributed by atoms with Crippen molar-refractivity contribution in [2.45, 2.75) is 18.4 Å². The molecule has 0 saturated carbocycles. The van der Waals surface area contributed by atoms with Crippen LogP contribution in [-0.4, -0.2) is 96.0 Å². The van der Waals surface area contributed by atoms with Crippen molar-refractivity contribution in [1.29, 1.82) is 0 Å². The molecule has 0 aromatic carbocycles. The zero-order valence-electron chi connectivity index (χ0n) is 13.6. The molecule has 1 fully saturated rings. The van der Waals surface area contributed by atoms with Gasteiger partial charge < -0.3 is 31.3 Å². The van der Waals surface area contributed by atoms with E-state index in [1.54, 1.807) is 0 Å². The summed E-state index contributed by atoms with van der Waals surface area (Å²) in [5.41, 5.74) is -1.31. The van der Waals surface area contributed by atoms with E-state index in [0.29, 0.717) is 26.2 Å². The zero-order chi connectivity index (χ0) is 18.0. The summed E-state index contributed by atoms with van der Waals surface area (Å²) in [6, 6.07) is 0. The van der Waals surface area contributed by atoms with Crippen molar-refractivity contribution in [3.8, 4) is 0 Å². The quantitative estimate of drug-likeness (QED) is 0.314. The first-order valence-corrected chi connectivity index (χ1v) is 7.88. The van der Waals surface area contributed by atoms with Gasteiger partial charge in [-0.05, 0) is 0 Å². The van der Waals surface area contributed by atoms with Gasteiger partial charge in [0.1, 0.15) is 0 Å². The van der Waals surface area contributed by atoms with Crippen LogP contribution in [0.15, 0.2) is 0 Å². The first kappa shape index (κ1) is 20.3. The number of nitrogens with zero attached hydrogens (tertiary/aromatic N) is 1. The summed E-state index contributed by atoms with van der Waals surface area (Å²) < 4.78 is 0. The Morgan fingerprint density at radius 1 is 0.792 bits per heavy atom. The third-order valence-electron chi connectivity index (χ3n) is 3.93. The zero-order valence-corrected chi connectivity index (χ0v) is 13.6. The molecule has 10 heteroatoms. The Morgan fingerprint density at radius 2 is 1.29 bits per heavy atom. The molecule has 10 nitrogen and oxygen atoms in total. The van der Waals surface area contributed by atoms with Gasteiger partial charge in [-0.1, -0.05) is 0 Å². The lowest BCUT2D eigenvalue weighted by Crippen LogP contribution is -2.60. The van der Waals surface area contributed by atoms with Gasteiger partial charge in [-0.25, -0.2) is 0 Å². The molecule has 1 aliphatic heterocycles. The second-order valence-electron chi connectivity index (χ2n) is 5.86. The van der Waals surface area contributed by atoms with Crippen molar-refractivity contribution in [3.05, 3.63) is 0 Å². The highest BCUT2D eigenvalue weighted by Gasteiger charge is 2.41. The molecule has 1 rings (SSSR count). The minimum atomic E-state index is -1.31. The first-order chi connectivity index (χ1) is 11.4. The molecule has 1 aliphatic rings. The van der Waals surface area contributed by atoms with Crippen LogP contribution in [0.1, 0.15) is 12.8 Å². The second-order valence-corrected chi connectivity index (χ2v) is 5.86. The number of nitrogens with one attached hydrogen (secondary N) is 3. The average Bonchev–Trinajstić information content (AvgIpc) is 2.44. The van der Waals surface area contributed by atoms with Gasteiger partial charge in [-0.15, -0.1) is 0 Å². The maximum atomic E-state index is 11.3. The minimum Gasteiger partial charge on any atom is -0.481 e. The molecule has 0 spiro atoms. The van der Waals surface area contributed by atoms with Crippen LogP contribution in [0.5, 0.6) is 0 Å². The molecule has 0 aromatic heterocycles. The molecule has 0 aliphatic carbocycles. The average molecular weight is 346 g/mol. The molecule has 24 heavy (non-hydrogen) atoms. The van der Waals surface area contributed by atoms with E-state index in [2.05, 4.69) is 16.0 Å². The Hall–Kier alpha value is -1.75. The number of hydrogen-bond acceptors (Lipinski definition) is 7. The Morgan fingerprint density at radius 3 is 1.79 bits per heavy atom. The number of aliphatic carboxylic acids is 3. The number of carboxylic acid groups (broad SMARTS) is 3. The van der Waals surface area contributed by atoms with Crippen LogP contribution in [0, 0.1) is 0 Å². The van der Waals surface area contributed by atoms with Gasteiger partial charge in [0.25, 0.3) is 0 Å². The highest BCUT2D eigenvalue weighted by atomic mass is 16.4. The number of carbonyl (C=O) groups is 3. The molecule has 1 saturated heterocycles. The maximum absolute atomic E-state index is 11.3. The van der Waals surface area contributed by atoms with Crippen LogP contribution in [0.2, 0.25) is 0 Å². The summed E-state index contributed by atoms with van der Waals surface area (Å²) in [7, 11) is 0. The number of carboxylic acids is 3. The van der Waals surface area contributed by atoms with Crippen LogP contribution in [0.4, 0.5) is 0 Å². The van der Waals surface area contributed by atoms with E-state index in [1.807, 2.05) is 0 Å². The maximum Gasteiger partial charge on any atom is 0.317 e. The Balaban J connectivity index is 3.09. The lowest BCUT2D eigenvalue weighted by Gasteiger charge is -2.42. The molecule has 0 bridgehead atoms. The summed E-state index contributed by atoms with van der Waals surface area (Å²) in [5.74, 6) is -3.44. The number of rotatable bonds is 6. The highest BCUT2D eigenvalue weighted by Crippen LogP contribution is 2.24. The van der Waals surface area contributed by atoms with Gasteiger partial charge in [-0.3, -0.25) is 19.3 Å². The van der Waals surface area contributed by atoms with Crippen molar-refractivity contribution >= 4 is 17.9 Å². The smallest absolute Gasteiger partial charge is 0.317 e. The van der Waals surface area contributed by atoms with E-state index < -0.39 is 42.8 Å². The summed E-state index contributed by atoms with van der Waals surface area (Å²) >= 11 is 0. The van der Waals surface area contributed by atoms with Crippen LogP contribution in [0.3, 0.4) is 0 Å². The van der Waals surface area contributed by atoms with Gasteiger partial charge >= 0.3 is 17.9 Å². The molecular weight excluding hydrogens is 320 g/mol. The minimum absolute atomic E-state index is 0.0839. The molecule has 0 amide bonds. The van der Waals surface area contributed by atoms with Crippen LogP contribution < -0.4 is 16.0 Å². The van der Waals surface area contributed by atoms with Crippen LogP contribution in [0.25, 0.3) is 0 Å². The largest absolute Gasteiger partial charge is 0.481 e. The van der Waals surface area contributed by atoms with Crippen molar-refractivity contribution in [1.82, 2.24) is 20.9 Å². The Bertz CT molecular complexity index is 429. The topological polar surface area (TPSA) is 151 Å². The van der Waals surface area contributed by atoms with E-state index in [9.17, 15) is 24.6 Å². The summed E-state index contributed by atoms with van der Waals surface area (Å²) in [6.07, 6.45) is -0.903.